The molecule has 0 amide bonds. The zero-order valence-electron chi connectivity index (χ0n) is 10.9. The average molecular weight is 278 g/mol. The summed E-state index contributed by atoms with van der Waals surface area (Å²) in [5.74, 6) is 6.30. The van der Waals surface area contributed by atoms with E-state index in [1.54, 1.807) is 0 Å². The molecule has 1 aromatic heterocycles. The number of hydrogen-bond donors (Lipinski definition) is 2. The Balaban J connectivity index is 2.25. The highest BCUT2D eigenvalue weighted by Gasteiger charge is 2.11. The Labute approximate surface area is 117 Å². The van der Waals surface area contributed by atoms with Crippen molar-refractivity contribution in [3.63, 3.8) is 0 Å². The fraction of sp³-hybridized carbons (Fsp3) is 0.231. The molecular formula is C13H16ClN5. The van der Waals surface area contributed by atoms with Gasteiger partial charge >= 0.3 is 0 Å². The Hall–Kier alpha value is -1.85. The number of nitrogens with zero attached hydrogens (tertiary/aromatic N) is 3. The van der Waals surface area contributed by atoms with Gasteiger partial charge in [0.2, 0.25) is 5.95 Å². The van der Waals surface area contributed by atoms with Crippen molar-refractivity contribution in [1.29, 1.82) is 0 Å². The van der Waals surface area contributed by atoms with Gasteiger partial charge in [0.25, 0.3) is 0 Å². The molecule has 0 aliphatic carbocycles. The van der Waals surface area contributed by atoms with Crippen molar-refractivity contribution in [3.05, 3.63) is 46.6 Å². The average Bonchev–Trinajstić information content (AvgIpc) is 2.42. The smallest absolute Gasteiger partial charge is 0.239 e. The number of halogens is 1. The third-order valence-electron chi connectivity index (χ3n) is 2.89. The van der Waals surface area contributed by atoms with Crippen molar-refractivity contribution in [1.82, 2.24) is 9.97 Å². The normalized spacial score (nSPS) is 10.3. The summed E-state index contributed by atoms with van der Waals surface area (Å²) in [7, 11) is 1.93. The minimum absolute atomic E-state index is 0.344. The van der Waals surface area contributed by atoms with E-state index in [2.05, 4.69) is 34.5 Å². The first-order chi connectivity index (χ1) is 9.11. The number of hydrazine groups is 1. The van der Waals surface area contributed by atoms with Crippen LogP contribution >= 0.6 is 11.6 Å². The summed E-state index contributed by atoms with van der Waals surface area (Å²) < 4.78 is 0. The van der Waals surface area contributed by atoms with Crippen LogP contribution < -0.4 is 16.2 Å². The molecule has 0 spiro atoms. The molecule has 0 saturated heterocycles. The molecule has 0 aliphatic heterocycles. The predicted molar refractivity (Wildman–Crippen MR) is 78.1 cm³/mol. The first kappa shape index (κ1) is 13.6. The molecule has 19 heavy (non-hydrogen) atoms. The molecule has 0 aliphatic rings. The highest BCUT2D eigenvalue weighted by atomic mass is 35.5. The summed E-state index contributed by atoms with van der Waals surface area (Å²) in [4.78, 5) is 10.2. The maximum Gasteiger partial charge on any atom is 0.239 e. The standard InChI is InChI=1S/C13H16ClN5/c1-9-5-3-4-6-10(9)8-19(2)12-11(14)7-16-13(17-12)18-15/h3-7H,8,15H2,1-2H3,(H,16,17,18). The molecule has 1 aromatic carbocycles. The van der Waals surface area contributed by atoms with Crippen LogP contribution in [0.2, 0.25) is 5.02 Å². The minimum Gasteiger partial charge on any atom is -0.354 e. The van der Waals surface area contributed by atoms with Gasteiger partial charge in [0.15, 0.2) is 5.82 Å². The van der Waals surface area contributed by atoms with Gasteiger partial charge in [0.05, 0.1) is 6.20 Å². The molecular weight excluding hydrogens is 262 g/mol. The Bertz CT molecular complexity index is 573. The van der Waals surface area contributed by atoms with Crippen LogP contribution in [0.1, 0.15) is 11.1 Å². The predicted octanol–water partition coefficient (Wildman–Crippen LogP) is 2.36. The molecule has 1 heterocycles. The van der Waals surface area contributed by atoms with E-state index < -0.39 is 0 Å². The van der Waals surface area contributed by atoms with E-state index in [-0.39, 0.29) is 0 Å². The van der Waals surface area contributed by atoms with Gasteiger partial charge in [0.1, 0.15) is 5.02 Å². The Morgan fingerprint density at radius 2 is 2.11 bits per heavy atom. The largest absolute Gasteiger partial charge is 0.354 e. The zero-order chi connectivity index (χ0) is 13.8. The Kier molecular flexibility index (Phi) is 4.19. The number of benzene rings is 1. The number of anilines is 2. The van der Waals surface area contributed by atoms with Crippen molar-refractivity contribution in [2.45, 2.75) is 13.5 Å². The van der Waals surface area contributed by atoms with Crippen LogP contribution in [0.25, 0.3) is 0 Å². The lowest BCUT2D eigenvalue weighted by Crippen LogP contribution is -2.20. The van der Waals surface area contributed by atoms with Gasteiger partial charge in [-0.2, -0.15) is 4.98 Å². The van der Waals surface area contributed by atoms with E-state index in [0.29, 0.717) is 23.3 Å². The summed E-state index contributed by atoms with van der Waals surface area (Å²) in [6, 6.07) is 8.21. The molecule has 2 aromatic rings. The van der Waals surface area contributed by atoms with E-state index >= 15 is 0 Å². The highest BCUT2D eigenvalue weighted by molar-refractivity contribution is 6.32. The van der Waals surface area contributed by atoms with Gasteiger partial charge in [-0.15, -0.1) is 0 Å². The van der Waals surface area contributed by atoms with Crippen LogP contribution in [0, 0.1) is 6.92 Å². The summed E-state index contributed by atoms with van der Waals surface area (Å²) in [5, 5.41) is 0.495. The van der Waals surface area contributed by atoms with E-state index in [4.69, 9.17) is 17.4 Å². The lowest BCUT2D eigenvalue weighted by Gasteiger charge is -2.20. The van der Waals surface area contributed by atoms with Crippen LogP contribution in [0.4, 0.5) is 11.8 Å². The first-order valence-electron chi connectivity index (χ1n) is 5.86. The molecule has 0 fully saturated rings. The second-order valence-electron chi connectivity index (χ2n) is 4.29. The maximum atomic E-state index is 6.12. The van der Waals surface area contributed by atoms with Gasteiger partial charge in [-0.3, -0.25) is 5.43 Å². The van der Waals surface area contributed by atoms with Gasteiger partial charge < -0.3 is 4.90 Å². The first-order valence-corrected chi connectivity index (χ1v) is 6.24. The minimum atomic E-state index is 0.344. The molecule has 100 valence electrons. The van der Waals surface area contributed by atoms with E-state index in [1.165, 1.54) is 17.3 Å². The molecule has 3 N–H and O–H groups in total. The van der Waals surface area contributed by atoms with Crippen molar-refractivity contribution in [2.24, 2.45) is 5.84 Å². The third kappa shape index (κ3) is 3.13. The number of aryl methyl sites for hydroxylation is 1. The van der Waals surface area contributed by atoms with Crippen LogP contribution in [0.3, 0.4) is 0 Å². The molecule has 5 nitrogen and oxygen atoms in total. The van der Waals surface area contributed by atoms with Gasteiger partial charge in [-0.05, 0) is 18.1 Å². The molecule has 0 saturated carbocycles. The van der Waals surface area contributed by atoms with Crippen molar-refractivity contribution in [2.75, 3.05) is 17.4 Å². The van der Waals surface area contributed by atoms with Crippen LogP contribution in [-0.4, -0.2) is 17.0 Å². The summed E-state index contributed by atoms with van der Waals surface area (Å²) in [6.07, 6.45) is 1.54. The lowest BCUT2D eigenvalue weighted by molar-refractivity contribution is 0.884. The Morgan fingerprint density at radius 3 is 2.79 bits per heavy atom. The molecule has 0 radical (unpaired) electrons. The quantitative estimate of drug-likeness (QED) is 0.663. The van der Waals surface area contributed by atoms with Crippen LogP contribution in [0.5, 0.6) is 0 Å². The molecule has 2 rings (SSSR count). The molecule has 0 atom stereocenters. The van der Waals surface area contributed by atoms with Crippen molar-refractivity contribution >= 4 is 23.4 Å². The topological polar surface area (TPSA) is 67.1 Å². The van der Waals surface area contributed by atoms with E-state index in [9.17, 15) is 0 Å². The monoisotopic (exact) mass is 277 g/mol. The highest BCUT2D eigenvalue weighted by Crippen LogP contribution is 2.24. The number of rotatable bonds is 4. The maximum absolute atomic E-state index is 6.12. The molecule has 6 heteroatoms. The number of hydrogen-bond acceptors (Lipinski definition) is 5. The van der Waals surface area contributed by atoms with Crippen molar-refractivity contribution in [3.8, 4) is 0 Å². The van der Waals surface area contributed by atoms with Crippen LogP contribution in [0.15, 0.2) is 30.5 Å². The zero-order valence-corrected chi connectivity index (χ0v) is 11.6. The molecule has 0 unspecified atom stereocenters. The lowest BCUT2D eigenvalue weighted by atomic mass is 10.1. The Morgan fingerprint density at radius 1 is 1.37 bits per heavy atom. The second kappa shape index (κ2) is 5.86. The second-order valence-corrected chi connectivity index (χ2v) is 4.70. The number of nitrogens with two attached hydrogens (primary N) is 1. The van der Waals surface area contributed by atoms with Crippen LogP contribution in [-0.2, 0) is 6.54 Å². The van der Waals surface area contributed by atoms with E-state index in [1.807, 2.05) is 24.1 Å². The number of aromatic nitrogens is 2. The van der Waals surface area contributed by atoms with Gasteiger partial charge in [-0.1, -0.05) is 35.9 Å². The summed E-state index contributed by atoms with van der Waals surface area (Å²) >= 11 is 6.12. The summed E-state index contributed by atoms with van der Waals surface area (Å²) in [6.45, 7) is 2.80. The number of nitrogen functional groups attached to an aromatic ring is 1. The van der Waals surface area contributed by atoms with E-state index in [0.717, 1.165) is 0 Å². The fourth-order valence-corrected chi connectivity index (χ4v) is 2.05. The number of nitrogens with one attached hydrogen (secondary N) is 1. The van der Waals surface area contributed by atoms with Gasteiger partial charge in [0, 0.05) is 13.6 Å². The van der Waals surface area contributed by atoms with Crippen molar-refractivity contribution < 1.29 is 0 Å². The fourth-order valence-electron chi connectivity index (χ4n) is 1.81. The third-order valence-corrected chi connectivity index (χ3v) is 3.15. The summed E-state index contributed by atoms with van der Waals surface area (Å²) in [5.41, 5.74) is 4.87. The van der Waals surface area contributed by atoms with Gasteiger partial charge in [-0.25, -0.2) is 10.8 Å². The SMILES string of the molecule is Cc1ccccc1CN(C)c1nc(NN)ncc1Cl. The molecule has 0 bridgehead atoms.